The van der Waals surface area contributed by atoms with Gasteiger partial charge in [-0.1, -0.05) is 60.1 Å². The number of benzene rings is 2. The van der Waals surface area contributed by atoms with Gasteiger partial charge in [-0.15, -0.1) is 0 Å². The second kappa shape index (κ2) is 7.32. The first kappa shape index (κ1) is 16.4. The van der Waals surface area contributed by atoms with Gasteiger partial charge in [-0.25, -0.2) is 4.79 Å². The van der Waals surface area contributed by atoms with E-state index in [2.05, 4.69) is 10.6 Å². The van der Waals surface area contributed by atoms with E-state index in [-0.39, 0.29) is 6.03 Å². The summed E-state index contributed by atoms with van der Waals surface area (Å²) in [5.41, 5.74) is 1.68. The summed E-state index contributed by atoms with van der Waals surface area (Å²) in [5.74, 6) is 0. The second-order valence-corrected chi connectivity index (χ2v) is 6.12. The molecule has 0 aliphatic heterocycles. The molecule has 0 aliphatic carbocycles. The van der Waals surface area contributed by atoms with Crippen molar-refractivity contribution in [2.45, 2.75) is 25.8 Å². The summed E-state index contributed by atoms with van der Waals surface area (Å²) < 4.78 is 0. The van der Waals surface area contributed by atoms with Crippen molar-refractivity contribution in [2.24, 2.45) is 0 Å². The fraction of sp³-hybridized carbons (Fsp3) is 0.278. The van der Waals surface area contributed by atoms with E-state index < -0.39 is 5.54 Å². The highest BCUT2D eigenvalue weighted by Crippen LogP contribution is 2.19. The van der Waals surface area contributed by atoms with Crippen LogP contribution in [0.25, 0.3) is 0 Å². The first-order valence-corrected chi connectivity index (χ1v) is 7.72. The van der Waals surface area contributed by atoms with Crippen molar-refractivity contribution in [3.05, 3.63) is 70.7 Å². The van der Waals surface area contributed by atoms with Crippen molar-refractivity contribution in [1.82, 2.24) is 10.6 Å². The van der Waals surface area contributed by atoms with Gasteiger partial charge >= 0.3 is 6.03 Å². The third-order valence-corrected chi connectivity index (χ3v) is 3.93. The molecule has 0 aromatic heterocycles. The fourth-order valence-electron chi connectivity index (χ4n) is 2.27. The van der Waals surface area contributed by atoms with Gasteiger partial charge in [0, 0.05) is 11.6 Å². The van der Waals surface area contributed by atoms with Crippen LogP contribution in [-0.4, -0.2) is 12.6 Å². The van der Waals surface area contributed by atoms with E-state index in [1.807, 2.05) is 68.4 Å². The number of carbonyl (C=O) groups excluding carboxylic acids is 1. The zero-order valence-electron chi connectivity index (χ0n) is 12.9. The molecule has 4 heteroatoms. The summed E-state index contributed by atoms with van der Waals surface area (Å²) in [6.45, 7) is 4.51. The first-order chi connectivity index (χ1) is 10.5. The van der Waals surface area contributed by atoms with E-state index in [1.165, 1.54) is 0 Å². The van der Waals surface area contributed by atoms with Crippen molar-refractivity contribution in [3.8, 4) is 0 Å². The van der Waals surface area contributed by atoms with Gasteiger partial charge in [0.25, 0.3) is 0 Å². The molecule has 3 nitrogen and oxygen atoms in total. The lowest BCUT2D eigenvalue weighted by Gasteiger charge is -2.27. The smallest absolute Gasteiger partial charge is 0.315 e. The molecular weight excluding hydrogens is 296 g/mol. The average molecular weight is 317 g/mol. The third kappa shape index (κ3) is 4.50. The molecule has 0 radical (unpaired) electrons. The normalized spacial score (nSPS) is 11.0. The van der Waals surface area contributed by atoms with Gasteiger partial charge in [0.15, 0.2) is 0 Å². The van der Waals surface area contributed by atoms with E-state index in [0.29, 0.717) is 13.0 Å². The second-order valence-electron chi connectivity index (χ2n) is 5.71. The minimum Gasteiger partial charge on any atom is -0.338 e. The number of nitrogens with one attached hydrogen (secondary N) is 2. The Hall–Kier alpha value is -2.00. The molecular formula is C18H21ClN2O. The molecule has 0 atom stereocenters. The zero-order valence-corrected chi connectivity index (χ0v) is 13.7. The standard InChI is InChI=1S/C18H21ClN2O/c1-18(2,15-9-4-3-5-10-15)21-17(22)20-13-12-14-8-6-7-11-16(14)19/h3-11H,12-13H2,1-2H3,(H2,20,21,22). The summed E-state index contributed by atoms with van der Waals surface area (Å²) >= 11 is 6.10. The van der Waals surface area contributed by atoms with E-state index in [9.17, 15) is 4.79 Å². The van der Waals surface area contributed by atoms with Crippen LogP contribution in [-0.2, 0) is 12.0 Å². The van der Waals surface area contributed by atoms with Crippen LogP contribution >= 0.6 is 11.6 Å². The third-order valence-electron chi connectivity index (χ3n) is 3.56. The summed E-state index contributed by atoms with van der Waals surface area (Å²) in [4.78, 5) is 12.1. The molecule has 2 aromatic rings. The predicted molar refractivity (Wildman–Crippen MR) is 91.2 cm³/mol. The van der Waals surface area contributed by atoms with E-state index >= 15 is 0 Å². The van der Waals surface area contributed by atoms with Gasteiger partial charge in [-0.3, -0.25) is 0 Å². The lowest BCUT2D eigenvalue weighted by atomic mass is 9.95. The number of urea groups is 1. The lowest BCUT2D eigenvalue weighted by molar-refractivity contribution is 0.230. The molecule has 0 saturated heterocycles. The first-order valence-electron chi connectivity index (χ1n) is 7.34. The molecule has 116 valence electrons. The van der Waals surface area contributed by atoms with Crippen LogP contribution in [0.1, 0.15) is 25.0 Å². The van der Waals surface area contributed by atoms with Crippen LogP contribution in [0.15, 0.2) is 54.6 Å². The highest BCUT2D eigenvalue weighted by atomic mass is 35.5. The van der Waals surface area contributed by atoms with Crippen LogP contribution in [0.2, 0.25) is 5.02 Å². The molecule has 0 heterocycles. The number of carbonyl (C=O) groups is 1. The Morgan fingerprint density at radius 1 is 1.05 bits per heavy atom. The number of hydrogen-bond acceptors (Lipinski definition) is 1. The minimum absolute atomic E-state index is 0.180. The largest absolute Gasteiger partial charge is 0.338 e. The maximum absolute atomic E-state index is 12.1. The molecule has 0 saturated carbocycles. The Morgan fingerprint density at radius 3 is 2.36 bits per heavy atom. The summed E-state index contributed by atoms with van der Waals surface area (Å²) in [6, 6.07) is 17.4. The molecule has 0 fully saturated rings. The predicted octanol–water partition coefficient (Wildman–Crippen LogP) is 4.12. The molecule has 0 spiro atoms. The highest BCUT2D eigenvalue weighted by molar-refractivity contribution is 6.31. The van der Waals surface area contributed by atoms with E-state index in [1.54, 1.807) is 0 Å². The lowest BCUT2D eigenvalue weighted by Crippen LogP contribution is -2.46. The zero-order chi connectivity index (χ0) is 16.0. The van der Waals surface area contributed by atoms with Crippen molar-refractivity contribution in [2.75, 3.05) is 6.54 Å². The van der Waals surface area contributed by atoms with Crippen molar-refractivity contribution >= 4 is 17.6 Å². The van der Waals surface area contributed by atoms with Crippen molar-refractivity contribution in [3.63, 3.8) is 0 Å². The quantitative estimate of drug-likeness (QED) is 0.856. The molecule has 0 bridgehead atoms. The fourth-order valence-corrected chi connectivity index (χ4v) is 2.50. The molecule has 2 N–H and O–H groups in total. The minimum atomic E-state index is -0.421. The van der Waals surface area contributed by atoms with Gasteiger partial charge in [-0.2, -0.15) is 0 Å². The van der Waals surface area contributed by atoms with Gasteiger partial charge in [0.1, 0.15) is 0 Å². The number of hydrogen-bond donors (Lipinski definition) is 2. The Bertz CT molecular complexity index is 626. The molecule has 2 amide bonds. The van der Waals surface area contributed by atoms with E-state index in [0.717, 1.165) is 16.1 Å². The van der Waals surface area contributed by atoms with Crippen LogP contribution in [0.4, 0.5) is 4.79 Å². The highest BCUT2D eigenvalue weighted by Gasteiger charge is 2.22. The SMILES string of the molecule is CC(C)(NC(=O)NCCc1ccccc1Cl)c1ccccc1. The maximum Gasteiger partial charge on any atom is 0.315 e. The average Bonchev–Trinajstić information content (AvgIpc) is 2.50. The van der Waals surface area contributed by atoms with Crippen molar-refractivity contribution < 1.29 is 4.79 Å². The van der Waals surface area contributed by atoms with Gasteiger partial charge < -0.3 is 10.6 Å². The van der Waals surface area contributed by atoms with E-state index in [4.69, 9.17) is 11.6 Å². The van der Waals surface area contributed by atoms with Crippen LogP contribution in [0, 0.1) is 0 Å². The summed E-state index contributed by atoms with van der Waals surface area (Å²) in [6.07, 6.45) is 0.707. The van der Waals surface area contributed by atoms with Crippen molar-refractivity contribution in [1.29, 1.82) is 0 Å². The Balaban J connectivity index is 1.84. The van der Waals surface area contributed by atoms with Gasteiger partial charge in [-0.05, 0) is 37.5 Å². The Morgan fingerprint density at radius 2 is 1.68 bits per heavy atom. The van der Waals surface area contributed by atoms with Crippen LogP contribution in [0.5, 0.6) is 0 Å². The monoisotopic (exact) mass is 316 g/mol. The molecule has 2 aromatic carbocycles. The Labute approximate surface area is 136 Å². The molecule has 0 unspecified atom stereocenters. The maximum atomic E-state index is 12.1. The molecule has 22 heavy (non-hydrogen) atoms. The topological polar surface area (TPSA) is 41.1 Å². The van der Waals surface area contributed by atoms with Gasteiger partial charge in [0.05, 0.1) is 5.54 Å². The molecule has 0 aliphatic rings. The summed E-state index contributed by atoms with van der Waals surface area (Å²) in [7, 11) is 0. The molecule has 2 rings (SSSR count). The van der Waals surface area contributed by atoms with Gasteiger partial charge in [0.2, 0.25) is 0 Å². The number of amides is 2. The number of halogens is 1. The van der Waals surface area contributed by atoms with Crippen LogP contribution in [0.3, 0.4) is 0 Å². The number of rotatable bonds is 5. The van der Waals surface area contributed by atoms with Crippen LogP contribution < -0.4 is 10.6 Å². The summed E-state index contributed by atoms with van der Waals surface area (Å²) in [5, 5.41) is 6.60. The Kier molecular flexibility index (Phi) is 5.45.